The molecule has 0 aliphatic heterocycles. The van der Waals surface area contributed by atoms with Gasteiger partial charge in [-0.15, -0.1) is 0 Å². The summed E-state index contributed by atoms with van der Waals surface area (Å²) in [4.78, 5) is 17.9. The van der Waals surface area contributed by atoms with Crippen molar-refractivity contribution < 1.29 is 4.79 Å². The van der Waals surface area contributed by atoms with E-state index in [0.717, 1.165) is 0 Å². The fourth-order valence-electron chi connectivity index (χ4n) is 0.577. The number of nitrogens with two attached hydrogens (primary N) is 1. The monoisotopic (exact) mass is 137 g/mol. The van der Waals surface area contributed by atoms with Crippen molar-refractivity contribution in [3.8, 4) is 0 Å². The van der Waals surface area contributed by atoms with Crippen LogP contribution in [-0.2, 0) is 11.2 Å². The minimum absolute atomic E-state index is 0.112. The lowest BCUT2D eigenvalue weighted by Crippen LogP contribution is -2.15. The summed E-state index contributed by atoms with van der Waals surface area (Å²) in [6.07, 6.45) is 3.26. The van der Waals surface area contributed by atoms with E-state index < -0.39 is 5.91 Å². The van der Waals surface area contributed by atoms with Gasteiger partial charge in [0.05, 0.1) is 6.42 Å². The molecule has 1 aromatic heterocycles. The smallest absolute Gasteiger partial charge is 0.225 e. The SMILES string of the molecule is NC(=O)Cc1ncccn1. The molecule has 0 aromatic carbocycles. The van der Waals surface area contributed by atoms with Gasteiger partial charge in [-0.3, -0.25) is 4.79 Å². The molecule has 1 rings (SSSR count). The first-order valence-electron chi connectivity index (χ1n) is 2.83. The number of nitrogens with zero attached hydrogens (tertiary/aromatic N) is 2. The number of aromatic nitrogens is 2. The van der Waals surface area contributed by atoms with Crippen molar-refractivity contribution in [2.75, 3.05) is 0 Å². The minimum atomic E-state index is -0.411. The maximum atomic E-state index is 10.3. The molecule has 0 aliphatic carbocycles. The zero-order valence-corrected chi connectivity index (χ0v) is 5.32. The maximum absolute atomic E-state index is 10.3. The van der Waals surface area contributed by atoms with Crippen LogP contribution in [0.5, 0.6) is 0 Å². The van der Waals surface area contributed by atoms with Crippen molar-refractivity contribution in [2.45, 2.75) is 6.42 Å². The third-order valence-electron chi connectivity index (χ3n) is 0.952. The van der Waals surface area contributed by atoms with Crippen LogP contribution in [0.15, 0.2) is 18.5 Å². The zero-order chi connectivity index (χ0) is 7.40. The van der Waals surface area contributed by atoms with Gasteiger partial charge in [-0.25, -0.2) is 9.97 Å². The van der Waals surface area contributed by atoms with Crippen LogP contribution >= 0.6 is 0 Å². The fourth-order valence-corrected chi connectivity index (χ4v) is 0.577. The van der Waals surface area contributed by atoms with Gasteiger partial charge in [0.2, 0.25) is 5.91 Å². The van der Waals surface area contributed by atoms with Crippen LogP contribution in [0.3, 0.4) is 0 Å². The number of hydrogen-bond acceptors (Lipinski definition) is 3. The van der Waals surface area contributed by atoms with E-state index in [-0.39, 0.29) is 6.42 Å². The summed E-state index contributed by atoms with van der Waals surface area (Å²) < 4.78 is 0. The van der Waals surface area contributed by atoms with Gasteiger partial charge in [-0.05, 0) is 6.07 Å². The second-order valence-corrected chi connectivity index (χ2v) is 1.81. The van der Waals surface area contributed by atoms with Crippen LogP contribution in [0.1, 0.15) is 5.82 Å². The maximum Gasteiger partial charge on any atom is 0.225 e. The van der Waals surface area contributed by atoms with Crippen molar-refractivity contribution in [3.05, 3.63) is 24.3 Å². The highest BCUT2D eigenvalue weighted by molar-refractivity contribution is 5.75. The van der Waals surface area contributed by atoms with Crippen LogP contribution in [0.25, 0.3) is 0 Å². The van der Waals surface area contributed by atoms with Crippen LogP contribution in [0.4, 0.5) is 0 Å². The minimum Gasteiger partial charge on any atom is -0.369 e. The van der Waals surface area contributed by atoms with E-state index in [1.54, 1.807) is 18.5 Å². The van der Waals surface area contributed by atoms with Crippen molar-refractivity contribution in [3.63, 3.8) is 0 Å². The Morgan fingerprint density at radius 1 is 1.50 bits per heavy atom. The number of carbonyl (C=O) groups is 1. The summed E-state index contributed by atoms with van der Waals surface area (Å²) in [5, 5.41) is 0. The van der Waals surface area contributed by atoms with Crippen LogP contribution in [-0.4, -0.2) is 15.9 Å². The number of hydrogen-bond donors (Lipinski definition) is 1. The first kappa shape index (κ1) is 6.67. The Labute approximate surface area is 58.1 Å². The third kappa shape index (κ3) is 1.81. The van der Waals surface area contributed by atoms with Crippen molar-refractivity contribution in [1.29, 1.82) is 0 Å². The van der Waals surface area contributed by atoms with Crippen molar-refractivity contribution in [1.82, 2.24) is 9.97 Å². The van der Waals surface area contributed by atoms with Crippen LogP contribution < -0.4 is 5.73 Å². The Morgan fingerprint density at radius 2 is 2.10 bits per heavy atom. The lowest BCUT2D eigenvalue weighted by molar-refractivity contribution is -0.117. The van der Waals surface area contributed by atoms with Crippen LogP contribution in [0.2, 0.25) is 0 Å². The number of rotatable bonds is 2. The molecule has 0 aliphatic rings. The summed E-state index contributed by atoms with van der Waals surface area (Å²) in [7, 11) is 0. The molecule has 1 heterocycles. The normalized spacial score (nSPS) is 9.20. The molecular formula is C6H7N3O. The average Bonchev–Trinajstić information content (AvgIpc) is 1.88. The van der Waals surface area contributed by atoms with Gasteiger partial charge >= 0.3 is 0 Å². The fraction of sp³-hybridized carbons (Fsp3) is 0.167. The molecule has 0 radical (unpaired) electrons. The van der Waals surface area contributed by atoms with Crippen LogP contribution in [0, 0.1) is 0 Å². The first-order chi connectivity index (χ1) is 4.79. The molecule has 2 N–H and O–H groups in total. The molecule has 0 fully saturated rings. The van der Waals surface area contributed by atoms with Gasteiger partial charge in [-0.1, -0.05) is 0 Å². The second kappa shape index (κ2) is 2.91. The van der Waals surface area contributed by atoms with E-state index in [2.05, 4.69) is 9.97 Å². The van der Waals surface area contributed by atoms with E-state index in [1.807, 2.05) is 0 Å². The zero-order valence-electron chi connectivity index (χ0n) is 5.32. The van der Waals surface area contributed by atoms with Crippen molar-refractivity contribution >= 4 is 5.91 Å². The summed E-state index contributed by atoms with van der Waals surface area (Å²) in [6, 6.07) is 1.69. The average molecular weight is 137 g/mol. The standard InChI is InChI=1S/C6H7N3O/c7-5(10)4-6-8-2-1-3-9-6/h1-3H,4H2,(H2,7,10). The van der Waals surface area contributed by atoms with Gasteiger partial charge in [-0.2, -0.15) is 0 Å². The predicted molar refractivity (Wildman–Crippen MR) is 34.9 cm³/mol. The molecule has 0 saturated heterocycles. The van der Waals surface area contributed by atoms with Gasteiger partial charge in [0.15, 0.2) is 0 Å². The quantitative estimate of drug-likeness (QED) is 0.597. The molecule has 0 unspecified atom stereocenters. The molecule has 52 valence electrons. The Bertz CT molecular complexity index is 222. The van der Waals surface area contributed by atoms with E-state index >= 15 is 0 Å². The van der Waals surface area contributed by atoms with Crippen molar-refractivity contribution in [2.24, 2.45) is 5.73 Å². The Hall–Kier alpha value is -1.45. The molecule has 1 aromatic rings. The molecular weight excluding hydrogens is 130 g/mol. The van der Waals surface area contributed by atoms with E-state index in [4.69, 9.17) is 5.73 Å². The van der Waals surface area contributed by atoms with Gasteiger partial charge in [0.25, 0.3) is 0 Å². The predicted octanol–water partition coefficient (Wildman–Crippen LogP) is -0.496. The van der Waals surface area contributed by atoms with Gasteiger partial charge in [0.1, 0.15) is 5.82 Å². The highest BCUT2D eigenvalue weighted by Gasteiger charge is 1.97. The summed E-state index contributed by atoms with van der Waals surface area (Å²) in [5.41, 5.74) is 4.91. The molecule has 4 heteroatoms. The lowest BCUT2D eigenvalue weighted by Gasteiger charge is -1.91. The Balaban J connectivity index is 2.67. The molecule has 10 heavy (non-hydrogen) atoms. The van der Waals surface area contributed by atoms with E-state index in [0.29, 0.717) is 5.82 Å². The van der Waals surface area contributed by atoms with E-state index in [1.165, 1.54) is 0 Å². The molecule has 4 nitrogen and oxygen atoms in total. The largest absolute Gasteiger partial charge is 0.369 e. The lowest BCUT2D eigenvalue weighted by atomic mass is 10.4. The molecule has 0 saturated carbocycles. The van der Waals surface area contributed by atoms with Gasteiger partial charge < -0.3 is 5.73 Å². The molecule has 0 bridgehead atoms. The summed E-state index contributed by atoms with van der Waals surface area (Å²) >= 11 is 0. The molecule has 0 atom stereocenters. The topological polar surface area (TPSA) is 68.9 Å². The second-order valence-electron chi connectivity index (χ2n) is 1.81. The van der Waals surface area contributed by atoms with Gasteiger partial charge in [0, 0.05) is 12.4 Å². The Morgan fingerprint density at radius 3 is 2.60 bits per heavy atom. The highest BCUT2D eigenvalue weighted by Crippen LogP contribution is 1.86. The highest BCUT2D eigenvalue weighted by atomic mass is 16.1. The third-order valence-corrected chi connectivity index (χ3v) is 0.952. The number of amides is 1. The number of primary amides is 1. The summed E-state index contributed by atoms with van der Waals surface area (Å²) in [5.74, 6) is 0.0567. The van der Waals surface area contributed by atoms with E-state index in [9.17, 15) is 4.79 Å². The molecule has 0 spiro atoms. The summed E-state index contributed by atoms with van der Waals surface area (Å²) in [6.45, 7) is 0. The Kier molecular flexibility index (Phi) is 1.94. The number of carbonyl (C=O) groups excluding carboxylic acids is 1. The molecule has 1 amide bonds. The first-order valence-corrected chi connectivity index (χ1v) is 2.83.